The predicted octanol–water partition coefficient (Wildman–Crippen LogP) is 6.50. The van der Waals surface area contributed by atoms with Gasteiger partial charge in [0.2, 0.25) is 5.90 Å². The van der Waals surface area contributed by atoms with Crippen molar-refractivity contribution in [3.05, 3.63) is 87.5 Å². The first-order valence-electron chi connectivity index (χ1n) is 14.7. The van der Waals surface area contributed by atoms with Crippen LogP contribution in [0.25, 0.3) is 21.2 Å². The molecule has 3 aliphatic rings. The zero-order valence-corrected chi connectivity index (χ0v) is 25.7. The van der Waals surface area contributed by atoms with Gasteiger partial charge in [0.25, 0.3) is 0 Å². The van der Waals surface area contributed by atoms with Gasteiger partial charge in [-0.05, 0) is 72.7 Å². The van der Waals surface area contributed by atoms with Crippen molar-refractivity contribution >= 4 is 32.3 Å². The molecule has 0 aliphatic carbocycles. The number of nitrogens with one attached hydrogen (secondary N) is 2. The van der Waals surface area contributed by atoms with Gasteiger partial charge in [-0.1, -0.05) is 13.8 Å². The van der Waals surface area contributed by atoms with Gasteiger partial charge in [0, 0.05) is 46.1 Å². The molecule has 1 fully saturated rings. The molecule has 0 bridgehead atoms. The summed E-state index contributed by atoms with van der Waals surface area (Å²) in [5.41, 5.74) is 15.1. The Morgan fingerprint density at radius 1 is 1.30 bits per heavy atom. The summed E-state index contributed by atoms with van der Waals surface area (Å²) in [7, 11) is 0. The number of allylic oxidation sites excluding steroid dienone is 3. The maximum Gasteiger partial charge on any atom is 0.223 e. The third kappa shape index (κ3) is 5.29. The molecular weight excluding hydrogens is 582 g/mol. The summed E-state index contributed by atoms with van der Waals surface area (Å²) in [6.45, 7) is 8.05. The maximum absolute atomic E-state index is 16.8. The average molecular weight is 617 g/mol. The number of nitrogens with zero attached hydrogens (tertiary/aromatic N) is 3. The second-order valence-electron chi connectivity index (χ2n) is 11.2. The van der Waals surface area contributed by atoms with E-state index in [1.165, 1.54) is 17.4 Å². The summed E-state index contributed by atoms with van der Waals surface area (Å²) in [5, 5.41) is 10.5. The zero-order chi connectivity index (χ0) is 31.0. The number of nitriles is 1. The molecule has 4 N–H and O–H groups in total. The number of ether oxygens (including phenoxy) is 2. The van der Waals surface area contributed by atoms with Crippen LogP contribution >= 0.6 is 11.3 Å². The highest BCUT2D eigenvalue weighted by Crippen LogP contribution is 2.46. The molecule has 8 nitrogen and oxygen atoms in total. The fourth-order valence-corrected chi connectivity index (χ4v) is 7.00. The van der Waals surface area contributed by atoms with Crippen LogP contribution < -0.4 is 16.6 Å². The summed E-state index contributed by atoms with van der Waals surface area (Å²) in [4.78, 5) is 7.28. The van der Waals surface area contributed by atoms with Crippen LogP contribution in [-0.2, 0) is 22.7 Å². The van der Waals surface area contributed by atoms with E-state index in [1.807, 2.05) is 12.2 Å². The summed E-state index contributed by atoms with van der Waals surface area (Å²) in [6, 6.07) is 4.96. The first-order valence-corrected chi connectivity index (χ1v) is 15.5. The Hall–Kier alpha value is -4.40. The van der Waals surface area contributed by atoms with Crippen LogP contribution in [0.3, 0.4) is 0 Å². The largest absolute Gasteiger partial charge is 0.471 e. The minimum Gasteiger partial charge on any atom is -0.471 e. The molecule has 1 atom stereocenters. The van der Waals surface area contributed by atoms with Crippen LogP contribution in [-0.4, -0.2) is 30.5 Å². The Morgan fingerprint density at radius 2 is 2.11 bits per heavy atom. The lowest BCUT2D eigenvalue weighted by Gasteiger charge is -2.23. The van der Waals surface area contributed by atoms with Crippen molar-refractivity contribution in [2.24, 2.45) is 10.9 Å². The molecule has 228 valence electrons. The second-order valence-corrected chi connectivity index (χ2v) is 12.3. The highest BCUT2D eigenvalue weighted by atomic mass is 32.1. The lowest BCUT2D eigenvalue weighted by Crippen LogP contribution is -2.31. The van der Waals surface area contributed by atoms with Crippen molar-refractivity contribution < 1.29 is 18.3 Å². The molecule has 1 unspecified atom stereocenters. The van der Waals surface area contributed by atoms with Crippen LogP contribution in [0.2, 0.25) is 0 Å². The highest BCUT2D eigenvalue weighted by Gasteiger charge is 2.33. The summed E-state index contributed by atoms with van der Waals surface area (Å²) in [6.07, 6.45) is 9.37. The van der Waals surface area contributed by atoms with Gasteiger partial charge >= 0.3 is 0 Å². The number of hydrogen-bond acceptors (Lipinski definition) is 9. The molecule has 0 amide bonds. The number of nitrogens with two attached hydrogens (primary N) is 1. The lowest BCUT2D eigenvalue weighted by molar-refractivity contribution is 0.134. The number of hydrazine groups is 1. The Bertz CT molecular complexity index is 1800. The molecule has 1 aromatic heterocycles. The van der Waals surface area contributed by atoms with Crippen LogP contribution in [0.4, 0.5) is 13.8 Å². The minimum atomic E-state index is -0.635. The molecule has 4 heterocycles. The molecule has 0 spiro atoms. The molecular formula is C33H34F2N6O2S. The van der Waals surface area contributed by atoms with E-state index in [0.717, 1.165) is 37.4 Å². The number of anilines is 1. The number of fused-ring (bicyclic) bond motifs is 2. The minimum absolute atomic E-state index is 0.0207. The monoisotopic (exact) mass is 616 g/mol. The first kappa shape index (κ1) is 29.7. The fourth-order valence-electron chi connectivity index (χ4n) is 6.08. The molecule has 3 aliphatic heterocycles. The van der Waals surface area contributed by atoms with Crippen molar-refractivity contribution in [1.29, 1.82) is 5.26 Å². The van der Waals surface area contributed by atoms with Crippen molar-refractivity contribution in [3.63, 3.8) is 0 Å². The summed E-state index contributed by atoms with van der Waals surface area (Å²) < 4.78 is 45.5. The van der Waals surface area contributed by atoms with E-state index in [-0.39, 0.29) is 53.0 Å². The molecule has 0 saturated carbocycles. The summed E-state index contributed by atoms with van der Waals surface area (Å²) in [5.74, 6) is 0.320. The standard InChI is InChI=1S/C33H34F2N6O2S/c1-4-6-26(41-12-10-18(2)14-41)39-33(43-15-20-7-5-11-38-40-20)27-19(3)31(35)29(23-17-42-16-22(23)27)30-24(34)8-9-25-28(30)21(13-36)32(37)44-25/h5-9,11,18,38,40H,4,10,12,14-17,37H2,1-3H3/b26-6-,39-33+. The molecule has 44 heavy (non-hydrogen) atoms. The van der Waals surface area contributed by atoms with Crippen LogP contribution in [0.1, 0.15) is 54.5 Å². The van der Waals surface area contributed by atoms with Crippen LogP contribution in [0.5, 0.6) is 0 Å². The molecule has 0 radical (unpaired) electrons. The number of halogens is 2. The topological polar surface area (TPSA) is 108 Å². The summed E-state index contributed by atoms with van der Waals surface area (Å²) >= 11 is 1.18. The maximum atomic E-state index is 16.8. The van der Waals surface area contributed by atoms with Gasteiger partial charge in [0.1, 0.15) is 35.1 Å². The van der Waals surface area contributed by atoms with E-state index in [0.29, 0.717) is 32.7 Å². The number of aliphatic imine (C=N–C) groups is 1. The number of rotatable bonds is 7. The van der Waals surface area contributed by atoms with Gasteiger partial charge < -0.3 is 31.0 Å². The number of thiophene rings is 1. The average Bonchev–Trinajstić information content (AvgIpc) is 3.75. The zero-order valence-electron chi connectivity index (χ0n) is 24.9. The highest BCUT2D eigenvalue weighted by molar-refractivity contribution is 7.23. The van der Waals surface area contributed by atoms with Gasteiger partial charge in [0.15, 0.2) is 0 Å². The number of likely N-dealkylation sites (tertiary alicyclic amines) is 1. The molecule has 3 aromatic rings. The van der Waals surface area contributed by atoms with Gasteiger partial charge in [0.05, 0.1) is 24.5 Å². The van der Waals surface area contributed by atoms with Gasteiger partial charge in [-0.2, -0.15) is 10.3 Å². The Kier molecular flexibility index (Phi) is 8.29. The van der Waals surface area contributed by atoms with E-state index in [2.05, 4.69) is 41.7 Å². The van der Waals surface area contributed by atoms with E-state index in [9.17, 15) is 5.26 Å². The third-order valence-corrected chi connectivity index (χ3v) is 9.20. The Labute approximate surface area is 259 Å². The van der Waals surface area contributed by atoms with Crippen LogP contribution in [0.15, 0.2) is 53.1 Å². The Balaban J connectivity index is 1.56. The fraction of sp³-hybridized carbons (Fsp3) is 0.333. The van der Waals surface area contributed by atoms with E-state index < -0.39 is 11.6 Å². The van der Waals surface area contributed by atoms with Crippen molar-refractivity contribution in [3.8, 4) is 17.2 Å². The first-order chi connectivity index (χ1) is 21.3. The SMILES string of the molecule is CC/C=C(/N=C(/OCC1=CC=CNN1)c1c(C)c(F)c(-c2c(F)ccc3sc(N)c(C#N)c23)c2c1COC2)N1CCC(C)C1. The second kappa shape index (κ2) is 12.3. The van der Waals surface area contributed by atoms with E-state index >= 15 is 8.78 Å². The quantitative estimate of drug-likeness (QED) is 0.205. The molecule has 2 aromatic carbocycles. The van der Waals surface area contributed by atoms with Gasteiger partial charge in [-0.25, -0.2) is 8.78 Å². The van der Waals surface area contributed by atoms with Crippen LogP contribution in [0, 0.1) is 35.8 Å². The lowest BCUT2D eigenvalue weighted by atomic mass is 9.87. The van der Waals surface area contributed by atoms with E-state index in [4.69, 9.17) is 20.2 Å². The smallest absolute Gasteiger partial charge is 0.223 e. The number of hydrogen-bond donors (Lipinski definition) is 3. The predicted molar refractivity (Wildman–Crippen MR) is 169 cm³/mol. The third-order valence-electron chi connectivity index (χ3n) is 8.22. The van der Waals surface area contributed by atoms with E-state index in [1.54, 1.807) is 19.2 Å². The van der Waals surface area contributed by atoms with Gasteiger partial charge in [-0.15, -0.1) is 11.3 Å². The van der Waals surface area contributed by atoms with Gasteiger partial charge in [-0.3, -0.25) is 0 Å². The number of nitrogen functional groups attached to an aromatic ring is 1. The normalized spacial score (nSPS) is 18.2. The van der Waals surface area contributed by atoms with Crippen molar-refractivity contribution in [1.82, 2.24) is 15.8 Å². The molecule has 11 heteroatoms. The number of benzene rings is 2. The molecule has 6 rings (SSSR count). The molecule has 1 saturated heterocycles. The van der Waals surface area contributed by atoms with Crippen molar-refractivity contribution in [2.45, 2.75) is 46.8 Å². The Morgan fingerprint density at radius 3 is 2.82 bits per heavy atom. The van der Waals surface area contributed by atoms with Crippen molar-refractivity contribution in [2.75, 3.05) is 25.4 Å².